The van der Waals surface area contributed by atoms with Crippen molar-refractivity contribution in [3.63, 3.8) is 0 Å². The number of halogens is 2. The Morgan fingerprint density at radius 1 is 0.923 bits per heavy atom. The average Bonchev–Trinajstić information content (AvgIpc) is 2.60. The third kappa shape index (κ3) is 10.4. The molecule has 0 radical (unpaired) electrons. The van der Waals surface area contributed by atoms with Crippen LogP contribution in [0.2, 0.25) is 0 Å². The zero-order valence-corrected chi connectivity index (χ0v) is 15.9. The number of carboxylic acid groups (broad SMARTS) is 1. The van der Waals surface area contributed by atoms with Crippen LogP contribution in [0.4, 0.5) is 14.5 Å². The van der Waals surface area contributed by atoms with E-state index in [-0.39, 0.29) is 24.9 Å². The molecule has 0 bridgehead atoms. The Balaban J connectivity index is 2.09. The van der Waals surface area contributed by atoms with Crippen molar-refractivity contribution in [3.05, 3.63) is 29.8 Å². The average molecular weight is 369 g/mol. The second kappa shape index (κ2) is 12.7. The molecule has 0 aliphatic rings. The van der Waals surface area contributed by atoms with Gasteiger partial charge in [-0.15, -0.1) is 0 Å². The molecule has 0 atom stereocenters. The summed E-state index contributed by atoms with van der Waals surface area (Å²) in [6.07, 6.45) is 9.74. The van der Waals surface area contributed by atoms with Gasteiger partial charge in [0.2, 0.25) is 5.92 Å². The zero-order chi connectivity index (χ0) is 19.3. The van der Waals surface area contributed by atoms with E-state index in [1.54, 1.807) is 12.1 Å². The second-order valence-electron chi connectivity index (χ2n) is 6.99. The summed E-state index contributed by atoms with van der Waals surface area (Å²) in [4.78, 5) is 10.8. The van der Waals surface area contributed by atoms with Crippen LogP contribution in [0.25, 0.3) is 0 Å². The van der Waals surface area contributed by atoms with Gasteiger partial charge >= 0.3 is 5.97 Å². The first-order valence-electron chi connectivity index (χ1n) is 9.89. The zero-order valence-electron chi connectivity index (χ0n) is 15.9. The highest BCUT2D eigenvalue weighted by atomic mass is 19.3. The van der Waals surface area contributed by atoms with Gasteiger partial charge in [0.05, 0.1) is 5.56 Å². The van der Waals surface area contributed by atoms with Crippen LogP contribution in [-0.2, 0) is 0 Å². The SMILES string of the molecule is CCCCCCCCCCCC(F)(F)CCNc1ccc(C(=O)O)cc1. The number of unbranched alkanes of at least 4 members (excludes halogenated alkanes) is 8. The number of hydrogen-bond acceptors (Lipinski definition) is 2. The molecule has 0 fully saturated rings. The molecule has 0 unspecified atom stereocenters. The van der Waals surface area contributed by atoms with E-state index >= 15 is 0 Å². The number of anilines is 1. The molecule has 1 aromatic carbocycles. The van der Waals surface area contributed by atoms with Crippen LogP contribution in [0.5, 0.6) is 0 Å². The van der Waals surface area contributed by atoms with Crippen molar-refractivity contribution in [3.8, 4) is 0 Å². The highest BCUT2D eigenvalue weighted by Crippen LogP contribution is 2.26. The molecule has 0 heterocycles. The van der Waals surface area contributed by atoms with Crippen molar-refractivity contribution in [2.75, 3.05) is 11.9 Å². The van der Waals surface area contributed by atoms with E-state index in [1.165, 1.54) is 44.2 Å². The Hall–Kier alpha value is -1.65. The van der Waals surface area contributed by atoms with Crippen molar-refractivity contribution in [2.45, 2.75) is 83.5 Å². The molecule has 26 heavy (non-hydrogen) atoms. The summed E-state index contributed by atoms with van der Waals surface area (Å²) in [5, 5.41) is 11.8. The number of nitrogens with one attached hydrogen (secondary N) is 1. The fourth-order valence-corrected chi connectivity index (χ4v) is 2.94. The predicted octanol–water partition coefficient (Wildman–Crippen LogP) is 6.74. The number of aromatic carboxylic acids is 1. The first kappa shape index (κ1) is 22.4. The first-order valence-corrected chi connectivity index (χ1v) is 9.89. The summed E-state index contributed by atoms with van der Waals surface area (Å²) in [7, 11) is 0. The normalized spacial score (nSPS) is 11.5. The fraction of sp³-hybridized carbons (Fsp3) is 0.667. The molecule has 0 aliphatic carbocycles. The summed E-state index contributed by atoms with van der Waals surface area (Å²) < 4.78 is 27.8. The Labute approximate surface area is 156 Å². The molecule has 0 amide bonds. The molecule has 0 aromatic heterocycles. The monoisotopic (exact) mass is 369 g/mol. The fourth-order valence-electron chi connectivity index (χ4n) is 2.94. The molecular formula is C21H33F2NO2. The molecule has 0 aliphatic heterocycles. The van der Waals surface area contributed by atoms with Gasteiger partial charge in [-0.3, -0.25) is 0 Å². The smallest absolute Gasteiger partial charge is 0.335 e. The molecule has 3 nitrogen and oxygen atoms in total. The van der Waals surface area contributed by atoms with Crippen LogP contribution in [0, 0.1) is 0 Å². The highest BCUT2D eigenvalue weighted by Gasteiger charge is 2.27. The van der Waals surface area contributed by atoms with Gasteiger partial charge in [0.1, 0.15) is 0 Å². The molecular weight excluding hydrogens is 336 g/mol. The maximum Gasteiger partial charge on any atom is 0.335 e. The standard InChI is InChI=1S/C21H33F2NO2/c1-2-3-4-5-6-7-8-9-10-15-21(22,23)16-17-24-19-13-11-18(12-14-19)20(25)26/h11-14,24H,2-10,15-17H2,1H3,(H,25,26). The van der Waals surface area contributed by atoms with Gasteiger partial charge in [-0.1, -0.05) is 58.3 Å². The van der Waals surface area contributed by atoms with Gasteiger partial charge in [-0.25, -0.2) is 13.6 Å². The van der Waals surface area contributed by atoms with Crippen molar-refractivity contribution in [1.82, 2.24) is 0 Å². The number of benzene rings is 1. The van der Waals surface area contributed by atoms with E-state index in [0.29, 0.717) is 12.1 Å². The molecule has 0 spiro atoms. The number of carbonyl (C=O) groups is 1. The maximum atomic E-state index is 13.9. The quantitative estimate of drug-likeness (QED) is 0.336. The lowest BCUT2D eigenvalue weighted by Gasteiger charge is -2.17. The number of alkyl halides is 2. The van der Waals surface area contributed by atoms with E-state index in [9.17, 15) is 13.6 Å². The van der Waals surface area contributed by atoms with Crippen LogP contribution in [0.15, 0.2) is 24.3 Å². The maximum absolute atomic E-state index is 13.9. The van der Waals surface area contributed by atoms with Crippen molar-refractivity contribution >= 4 is 11.7 Å². The minimum atomic E-state index is -2.64. The molecule has 5 heteroatoms. The lowest BCUT2D eigenvalue weighted by molar-refractivity contribution is -0.0150. The van der Waals surface area contributed by atoms with Crippen molar-refractivity contribution in [1.29, 1.82) is 0 Å². The highest BCUT2D eigenvalue weighted by molar-refractivity contribution is 5.87. The van der Waals surface area contributed by atoms with Gasteiger partial charge in [0.25, 0.3) is 0 Å². The summed E-state index contributed by atoms with van der Waals surface area (Å²) in [5.74, 6) is -3.64. The second-order valence-corrected chi connectivity index (χ2v) is 6.99. The largest absolute Gasteiger partial charge is 0.478 e. The lowest BCUT2D eigenvalue weighted by Crippen LogP contribution is -2.20. The van der Waals surface area contributed by atoms with Gasteiger partial charge in [-0.05, 0) is 30.7 Å². The Morgan fingerprint density at radius 3 is 2.00 bits per heavy atom. The van der Waals surface area contributed by atoms with E-state index in [0.717, 1.165) is 19.3 Å². The third-order valence-electron chi connectivity index (χ3n) is 4.60. The molecule has 1 aromatic rings. The molecule has 148 valence electrons. The van der Waals surface area contributed by atoms with Gasteiger partial charge in [0, 0.05) is 25.1 Å². The Morgan fingerprint density at radius 2 is 1.46 bits per heavy atom. The van der Waals surface area contributed by atoms with Crippen LogP contribution in [0.1, 0.15) is 87.9 Å². The van der Waals surface area contributed by atoms with Crippen molar-refractivity contribution < 1.29 is 18.7 Å². The van der Waals surface area contributed by atoms with Gasteiger partial charge in [0.15, 0.2) is 0 Å². The first-order chi connectivity index (χ1) is 12.4. The predicted molar refractivity (Wildman–Crippen MR) is 103 cm³/mol. The van der Waals surface area contributed by atoms with E-state index in [2.05, 4.69) is 12.2 Å². The topological polar surface area (TPSA) is 49.3 Å². The minimum absolute atomic E-state index is 0.0531. The van der Waals surface area contributed by atoms with Crippen LogP contribution in [-0.4, -0.2) is 23.5 Å². The number of carboxylic acids is 1. The Kier molecular flexibility index (Phi) is 10.9. The third-order valence-corrected chi connectivity index (χ3v) is 4.60. The Bertz CT molecular complexity index is 503. The van der Waals surface area contributed by atoms with Gasteiger partial charge in [-0.2, -0.15) is 0 Å². The molecule has 1 rings (SSSR count). The summed E-state index contributed by atoms with van der Waals surface area (Å²) in [5.41, 5.74) is 0.847. The van der Waals surface area contributed by atoms with E-state index < -0.39 is 11.9 Å². The lowest BCUT2D eigenvalue weighted by atomic mass is 10.0. The number of hydrogen-bond donors (Lipinski definition) is 2. The van der Waals surface area contributed by atoms with E-state index in [4.69, 9.17) is 5.11 Å². The molecule has 2 N–H and O–H groups in total. The summed E-state index contributed by atoms with van der Waals surface area (Å²) in [6, 6.07) is 6.13. The van der Waals surface area contributed by atoms with Crippen LogP contribution >= 0.6 is 0 Å². The molecule has 0 saturated heterocycles. The van der Waals surface area contributed by atoms with Crippen LogP contribution in [0.3, 0.4) is 0 Å². The van der Waals surface area contributed by atoms with Gasteiger partial charge < -0.3 is 10.4 Å². The van der Waals surface area contributed by atoms with Crippen LogP contribution < -0.4 is 5.32 Å². The summed E-state index contributed by atoms with van der Waals surface area (Å²) in [6.45, 7) is 2.38. The number of rotatable bonds is 15. The summed E-state index contributed by atoms with van der Waals surface area (Å²) >= 11 is 0. The minimum Gasteiger partial charge on any atom is -0.478 e. The molecule has 0 saturated carbocycles. The van der Waals surface area contributed by atoms with E-state index in [1.807, 2.05) is 0 Å². The van der Waals surface area contributed by atoms with Crippen molar-refractivity contribution in [2.24, 2.45) is 0 Å².